The van der Waals surface area contributed by atoms with Gasteiger partial charge >= 0.3 is 5.97 Å². The number of para-hydroxylation sites is 1. The summed E-state index contributed by atoms with van der Waals surface area (Å²) in [6, 6.07) is 26.3. The van der Waals surface area contributed by atoms with Gasteiger partial charge in [-0.2, -0.15) is 0 Å². The third-order valence-electron chi connectivity index (χ3n) is 7.44. The first-order valence-electron chi connectivity index (χ1n) is 12.9. The van der Waals surface area contributed by atoms with Crippen molar-refractivity contribution in [1.29, 1.82) is 0 Å². The quantitative estimate of drug-likeness (QED) is 0.249. The molecule has 4 aromatic rings. The lowest BCUT2D eigenvalue weighted by molar-refractivity contribution is 0.0691. The van der Waals surface area contributed by atoms with E-state index in [0.717, 1.165) is 42.7 Å². The second-order valence-electron chi connectivity index (χ2n) is 9.96. The van der Waals surface area contributed by atoms with Crippen LogP contribution in [0.15, 0.2) is 78.9 Å². The summed E-state index contributed by atoms with van der Waals surface area (Å²) in [6.07, 6.45) is 2.53. The van der Waals surface area contributed by atoms with Crippen molar-refractivity contribution in [3.8, 4) is 5.75 Å². The molecule has 190 valence electrons. The number of hydrogen-bond acceptors (Lipinski definition) is 3. The van der Waals surface area contributed by atoms with E-state index in [1.165, 1.54) is 22.4 Å². The number of aromatic carboxylic acids is 1. The highest BCUT2D eigenvalue weighted by Gasteiger charge is 2.30. The molecule has 3 atom stereocenters. The van der Waals surface area contributed by atoms with Crippen molar-refractivity contribution in [2.24, 2.45) is 0 Å². The van der Waals surface area contributed by atoms with Gasteiger partial charge in [0.15, 0.2) is 0 Å². The van der Waals surface area contributed by atoms with Crippen molar-refractivity contribution in [1.82, 2.24) is 5.32 Å². The van der Waals surface area contributed by atoms with Crippen LogP contribution < -0.4 is 10.1 Å². The molecule has 0 saturated carbocycles. The SMILES string of the molecule is Cc1cc([C@H]2C[C@@H](CCCN[C@H](C)c3cccc4ccccc34)Oc3ccccc32)cc(C(=O)O)c1F. The van der Waals surface area contributed by atoms with Crippen LogP contribution in [0.3, 0.4) is 0 Å². The van der Waals surface area contributed by atoms with Gasteiger partial charge in [-0.1, -0.05) is 66.7 Å². The molecule has 1 aliphatic heterocycles. The molecule has 37 heavy (non-hydrogen) atoms. The van der Waals surface area contributed by atoms with Crippen LogP contribution in [-0.2, 0) is 0 Å². The van der Waals surface area contributed by atoms with Crippen molar-refractivity contribution < 1.29 is 19.0 Å². The number of benzene rings is 4. The Morgan fingerprint density at radius 2 is 1.84 bits per heavy atom. The van der Waals surface area contributed by atoms with Gasteiger partial charge < -0.3 is 15.2 Å². The highest BCUT2D eigenvalue weighted by atomic mass is 19.1. The Hall–Kier alpha value is -3.70. The van der Waals surface area contributed by atoms with Crippen LogP contribution in [0.2, 0.25) is 0 Å². The summed E-state index contributed by atoms with van der Waals surface area (Å²) in [6.45, 7) is 4.67. The van der Waals surface area contributed by atoms with Gasteiger partial charge in [0.25, 0.3) is 0 Å². The summed E-state index contributed by atoms with van der Waals surface area (Å²) in [7, 11) is 0. The molecular weight excluding hydrogens is 465 g/mol. The van der Waals surface area contributed by atoms with E-state index < -0.39 is 11.8 Å². The van der Waals surface area contributed by atoms with Gasteiger partial charge in [-0.15, -0.1) is 0 Å². The third kappa shape index (κ3) is 5.23. The fourth-order valence-corrected chi connectivity index (χ4v) is 5.53. The lowest BCUT2D eigenvalue weighted by atomic mass is 9.82. The Morgan fingerprint density at radius 3 is 2.68 bits per heavy atom. The monoisotopic (exact) mass is 497 g/mol. The molecule has 0 unspecified atom stereocenters. The first kappa shape index (κ1) is 25.0. The van der Waals surface area contributed by atoms with E-state index in [2.05, 4.69) is 54.7 Å². The van der Waals surface area contributed by atoms with Crippen LogP contribution in [0.1, 0.15) is 70.8 Å². The normalized spacial score (nSPS) is 17.7. The van der Waals surface area contributed by atoms with Crippen LogP contribution in [0.25, 0.3) is 10.8 Å². The highest BCUT2D eigenvalue weighted by molar-refractivity contribution is 5.88. The highest BCUT2D eigenvalue weighted by Crippen LogP contribution is 2.42. The van der Waals surface area contributed by atoms with Gasteiger partial charge in [0.05, 0.1) is 11.7 Å². The Morgan fingerprint density at radius 1 is 1.08 bits per heavy atom. The fraction of sp³-hybridized carbons (Fsp3) is 0.281. The molecule has 0 bridgehead atoms. The van der Waals surface area contributed by atoms with Crippen LogP contribution >= 0.6 is 0 Å². The van der Waals surface area contributed by atoms with Crippen molar-refractivity contribution in [3.63, 3.8) is 0 Å². The minimum atomic E-state index is -1.24. The second-order valence-corrected chi connectivity index (χ2v) is 9.96. The van der Waals surface area contributed by atoms with Crippen molar-refractivity contribution in [3.05, 3.63) is 112 Å². The molecule has 5 heteroatoms. The molecule has 0 radical (unpaired) electrons. The molecule has 0 saturated heterocycles. The molecule has 0 aliphatic carbocycles. The lowest BCUT2D eigenvalue weighted by Crippen LogP contribution is -2.28. The van der Waals surface area contributed by atoms with E-state index in [0.29, 0.717) is 5.56 Å². The summed E-state index contributed by atoms with van der Waals surface area (Å²) in [5.74, 6) is -1.14. The Bertz CT molecular complexity index is 1430. The molecule has 1 aliphatic rings. The van der Waals surface area contributed by atoms with Crippen LogP contribution in [0.4, 0.5) is 4.39 Å². The van der Waals surface area contributed by atoms with Gasteiger partial charge in [-0.25, -0.2) is 9.18 Å². The number of hydrogen-bond donors (Lipinski definition) is 2. The smallest absolute Gasteiger partial charge is 0.338 e. The van der Waals surface area contributed by atoms with E-state index in [9.17, 15) is 14.3 Å². The van der Waals surface area contributed by atoms with E-state index in [1.807, 2.05) is 24.3 Å². The Labute approximate surface area is 217 Å². The Kier molecular flexibility index (Phi) is 7.24. The van der Waals surface area contributed by atoms with Crippen molar-refractivity contribution in [2.75, 3.05) is 6.54 Å². The summed E-state index contributed by atoms with van der Waals surface area (Å²) >= 11 is 0. The molecule has 0 fully saturated rings. The predicted octanol–water partition coefficient (Wildman–Crippen LogP) is 7.40. The summed E-state index contributed by atoms with van der Waals surface area (Å²) in [4.78, 5) is 11.7. The first-order chi connectivity index (χ1) is 17.9. The number of ether oxygens (including phenoxy) is 1. The molecule has 2 N–H and O–H groups in total. The summed E-state index contributed by atoms with van der Waals surface area (Å²) in [5.41, 5.74) is 3.20. The van der Waals surface area contributed by atoms with E-state index in [1.54, 1.807) is 13.0 Å². The number of nitrogens with one attached hydrogen (secondary N) is 1. The average molecular weight is 498 g/mol. The Balaban J connectivity index is 1.27. The molecular formula is C32H32FNO3. The zero-order valence-corrected chi connectivity index (χ0v) is 21.2. The average Bonchev–Trinajstić information content (AvgIpc) is 2.91. The molecule has 0 aromatic heterocycles. The maximum atomic E-state index is 14.4. The number of fused-ring (bicyclic) bond motifs is 2. The molecule has 0 spiro atoms. The fourth-order valence-electron chi connectivity index (χ4n) is 5.53. The maximum absolute atomic E-state index is 14.4. The largest absolute Gasteiger partial charge is 0.490 e. The van der Waals surface area contributed by atoms with E-state index in [-0.39, 0.29) is 23.6 Å². The van der Waals surface area contributed by atoms with Crippen LogP contribution in [-0.4, -0.2) is 23.7 Å². The van der Waals surface area contributed by atoms with Gasteiger partial charge in [-0.05, 0) is 79.3 Å². The zero-order chi connectivity index (χ0) is 25.9. The number of halogens is 1. The second kappa shape index (κ2) is 10.7. The molecule has 4 nitrogen and oxygen atoms in total. The van der Waals surface area contributed by atoms with E-state index in [4.69, 9.17) is 4.74 Å². The van der Waals surface area contributed by atoms with Gasteiger partial charge in [0.2, 0.25) is 0 Å². The van der Waals surface area contributed by atoms with E-state index >= 15 is 0 Å². The van der Waals surface area contributed by atoms with Crippen LogP contribution in [0, 0.1) is 12.7 Å². The lowest BCUT2D eigenvalue weighted by Gasteiger charge is -2.33. The zero-order valence-electron chi connectivity index (χ0n) is 21.2. The number of rotatable bonds is 8. The molecule has 5 rings (SSSR count). The summed E-state index contributed by atoms with van der Waals surface area (Å²) < 4.78 is 20.8. The third-order valence-corrected chi connectivity index (χ3v) is 7.44. The standard InChI is InChI=1S/C32H32FNO3/c1-20-17-23(18-29(31(20)33)32(35)36)28-19-24(37-30-15-6-5-13-27(28)30)11-8-16-34-21(2)25-14-7-10-22-9-3-4-12-26(22)25/h3-7,9-10,12-15,17-18,21,24,28,34H,8,11,16,19H2,1-2H3,(H,35,36)/t21-,24-,28-/m1/s1. The van der Waals surface area contributed by atoms with Crippen molar-refractivity contribution >= 4 is 16.7 Å². The maximum Gasteiger partial charge on any atom is 0.338 e. The minimum absolute atomic E-state index is 0.00630. The van der Waals surface area contributed by atoms with Gasteiger partial charge in [0.1, 0.15) is 11.6 Å². The number of carboxylic acid groups (broad SMARTS) is 1. The molecule has 0 amide bonds. The number of aryl methyl sites for hydroxylation is 1. The van der Waals surface area contributed by atoms with Crippen molar-refractivity contribution in [2.45, 2.75) is 51.2 Å². The topological polar surface area (TPSA) is 58.6 Å². The first-order valence-corrected chi connectivity index (χ1v) is 12.9. The molecule has 1 heterocycles. The summed E-state index contributed by atoms with van der Waals surface area (Å²) in [5, 5.41) is 15.7. The van der Waals surface area contributed by atoms with Gasteiger partial charge in [0, 0.05) is 17.5 Å². The number of carbonyl (C=O) groups is 1. The molecule has 4 aromatic carbocycles. The van der Waals surface area contributed by atoms with Gasteiger partial charge in [-0.3, -0.25) is 0 Å². The minimum Gasteiger partial charge on any atom is -0.490 e. The predicted molar refractivity (Wildman–Crippen MR) is 145 cm³/mol. The number of carboxylic acids is 1. The van der Waals surface area contributed by atoms with Crippen LogP contribution in [0.5, 0.6) is 5.75 Å².